The van der Waals surface area contributed by atoms with Gasteiger partial charge in [0.2, 0.25) is 11.5 Å². The van der Waals surface area contributed by atoms with E-state index >= 15 is 0 Å². The average molecular weight is 474 g/mol. The van der Waals surface area contributed by atoms with E-state index in [1.54, 1.807) is 54.6 Å². The minimum absolute atomic E-state index is 0.0777. The van der Waals surface area contributed by atoms with Crippen LogP contribution in [0.3, 0.4) is 0 Å². The van der Waals surface area contributed by atoms with Crippen LogP contribution in [-0.2, 0) is 4.79 Å². The number of carbonyl (C=O) groups excluding carboxylic acids is 2. The zero-order chi connectivity index (χ0) is 24.7. The predicted molar refractivity (Wildman–Crippen MR) is 126 cm³/mol. The molecule has 3 aromatic rings. The quantitative estimate of drug-likeness (QED) is 0.328. The second-order valence-corrected chi connectivity index (χ2v) is 8.04. The Bertz CT molecular complexity index is 1370. The van der Waals surface area contributed by atoms with Crippen LogP contribution in [0.15, 0.2) is 54.3 Å². The highest BCUT2D eigenvalue weighted by atomic mass is 16.5. The van der Waals surface area contributed by atoms with Gasteiger partial charge in [-0.3, -0.25) is 9.59 Å². The molecular weight excluding hydrogens is 452 g/mol. The number of ether oxygens (including phenoxy) is 5. The molecule has 0 spiro atoms. The first kappa shape index (κ1) is 22.3. The van der Waals surface area contributed by atoms with Crippen LogP contribution in [0.25, 0.3) is 6.08 Å². The van der Waals surface area contributed by atoms with E-state index in [1.807, 2.05) is 0 Å². The molecule has 0 amide bonds. The van der Waals surface area contributed by atoms with E-state index in [0.717, 1.165) is 5.56 Å². The molecule has 2 aliphatic heterocycles. The third kappa shape index (κ3) is 3.73. The minimum Gasteiger partial charge on any atom is -0.508 e. The van der Waals surface area contributed by atoms with Gasteiger partial charge in [-0.1, -0.05) is 12.1 Å². The molecule has 1 atom stereocenters. The van der Waals surface area contributed by atoms with E-state index in [4.69, 9.17) is 23.7 Å². The third-order valence-corrected chi connectivity index (χ3v) is 6.10. The zero-order valence-corrected chi connectivity index (χ0v) is 19.3. The number of carbonyl (C=O) groups is 2. The molecule has 2 aliphatic rings. The number of benzene rings is 3. The summed E-state index contributed by atoms with van der Waals surface area (Å²) >= 11 is 0. The first-order valence-corrected chi connectivity index (χ1v) is 10.8. The number of hydrogen-bond donors (Lipinski definition) is 1. The Hall–Kier alpha value is -4.46. The van der Waals surface area contributed by atoms with Crippen molar-refractivity contribution >= 4 is 17.8 Å². The maximum Gasteiger partial charge on any atom is 0.312 e. The highest BCUT2D eigenvalue weighted by Crippen LogP contribution is 2.49. The fourth-order valence-corrected chi connectivity index (χ4v) is 4.48. The number of rotatable bonds is 5. The average Bonchev–Trinajstić information content (AvgIpc) is 3.18. The lowest BCUT2D eigenvalue weighted by molar-refractivity contribution is -0.135. The molecule has 3 aromatic carbocycles. The largest absolute Gasteiger partial charge is 0.508 e. The van der Waals surface area contributed by atoms with Crippen molar-refractivity contribution in [3.05, 3.63) is 76.5 Å². The Morgan fingerprint density at radius 3 is 2.31 bits per heavy atom. The fraction of sp³-hybridized carbons (Fsp3) is 0.185. The Balaban J connectivity index is 1.60. The van der Waals surface area contributed by atoms with Crippen LogP contribution in [0.1, 0.15) is 39.4 Å². The lowest BCUT2D eigenvalue weighted by Crippen LogP contribution is -2.21. The van der Waals surface area contributed by atoms with Crippen molar-refractivity contribution in [3.8, 4) is 34.5 Å². The van der Waals surface area contributed by atoms with Gasteiger partial charge in [-0.2, -0.15) is 0 Å². The lowest BCUT2D eigenvalue weighted by atomic mass is 9.84. The van der Waals surface area contributed by atoms with Gasteiger partial charge in [-0.05, 0) is 48.0 Å². The van der Waals surface area contributed by atoms with Gasteiger partial charge in [0.25, 0.3) is 0 Å². The summed E-state index contributed by atoms with van der Waals surface area (Å²) in [5.41, 5.74) is 2.35. The Labute approximate surface area is 201 Å². The van der Waals surface area contributed by atoms with Gasteiger partial charge in [0.1, 0.15) is 17.2 Å². The van der Waals surface area contributed by atoms with Crippen molar-refractivity contribution in [1.82, 2.24) is 0 Å². The molecule has 8 nitrogen and oxygen atoms in total. The molecule has 0 saturated heterocycles. The first-order valence-electron chi connectivity index (χ1n) is 10.8. The van der Waals surface area contributed by atoms with E-state index in [2.05, 4.69) is 0 Å². The molecule has 8 heteroatoms. The highest BCUT2D eigenvalue weighted by molar-refractivity contribution is 6.15. The topological polar surface area (TPSA) is 101 Å². The standard InChI is InChI=1S/C27H22O8/c1-31-20-10-6-15(25(32-2)27(20)33-3)12-21-24(30)17-9-11-19-23(26(17)35-21)18(13-22(29)34-19)14-4-7-16(28)8-5-14/h4-12,18,28H,13H2,1-3H3. The van der Waals surface area contributed by atoms with Crippen molar-refractivity contribution in [3.63, 3.8) is 0 Å². The van der Waals surface area contributed by atoms with Crippen LogP contribution in [0.5, 0.6) is 34.5 Å². The number of allylic oxidation sites excluding steroid dienone is 1. The molecule has 0 saturated carbocycles. The molecule has 1 unspecified atom stereocenters. The number of Topliss-reactive ketones (excluding diaryl/α,β-unsaturated/α-hetero) is 1. The smallest absolute Gasteiger partial charge is 0.312 e. The molecule has 0 bridgehead atoms. The van der Waals surface area contributed by atoms with Crippen LogP contribution in [-0.4, -0.2) is 38.2 Å². The summed E-state index contributed by atoms with van der Waals surface area (Å²) in [6.07, 6.45) is 1.66. The third-order valence-electron chi connectivity index (χ3n) is 6.10. The number of esters is 1. The normalized spacial score (nSPS) is 17.3. The number of aromatic hydroxyl groups is 1. The van der Waals surface area contributed by atoms with Crippen LogP contribution in [0, 0.1) is 0 Å². The molecule has 1 N–H and O–H groups in total. The van der Waals surface area contributed by atoms with E-state index < -0.39 is 5.92 Å². The Morgan fingerprint density at radius 1 is 0.886 bits per heavy atom. The number of methoxy groups -OCH3 is 3. The summed E-state index contributed by atoms with van der Waals surface area (Å²) in [5, 5.41) is 9.68. The van der Waals surface area contributed by atoms with Gasteiger partial charge < -0.3 is 28.8 Å². The number of fused-ring (bicyclic) bond motifs is 3. The van der Waals surface area contributed by atoms with Crippen LogP contribution < -0.4 is 23.7 Å². The molecule has 0 aliphatic carbocycles. The lowest BCUT2D eigenvalue weighted by Gasteiger charge is -2.26. The monoisotopic (exact) mass is 474 g/mol. The summed E-state index contributed by atoms with van der Waals surface area (Å²) in [5.74, 6) is 1.09. The van der Waals surface area contributed by atoms with Gasteiger partial charge >= 0.3 is 5.97 Å². The fourth-order valence-electron chi connectivity index (χ4n) is 4.48. The summed E-state index contributed by atoms with van der Waals surface area (Å²) in [6, 6.07) is 13.2. The van der Waals surface area contributed by atoms with Gasteiger partial charge in [0, 0.05) is 17.0 Å². The number of ketones is 1. The second-order valence-electron chi connectivity index (χ2n) is 8.04. The van der Waals surface area contributed by atoms with Gasteiger partial charge in [0.05, 0.1) is 33.3 Å². The van der Waals surface area contributed by atoms with Gasteiger partial charge in [-0.15, -0.1) is 0 Å². The molecule has 5 rings (SSSR count). The molecule has 0 fully saturated rings. The molecule has 178 valence electrons. The number of phenols is 1. The van der Waals surface area contributed by atoms with E-state index in [0.29, 0.717) is 45.4 Å². The molecule has 0 aromatic heterocycles. The highest BCUT2D eigenvalue weighted by Gasteiger charge is 2.38. The summed E-state index contributed by atoms with van der Waals surface area (Å²) in [6.45, 7) is 0. The molecule has 0 radical (unpaired) electrons. The summed E-state index contributed by atoms with van der Waals surface area (Å²) in [7, 11) is 4.52. The summed E-state index contributed by atoms with van der Waals surface area (Å²) < 4.78 is 27.9. The minimum atomic E-state index is -0.399. The van der Waals surface area contributed by atoms with Crippen LogP contribution in [0.2, 0.25) is 0 Å². The van der Waals surface area contributed by atoms with E-state index in [-0.39, 0.29) is 29.7 Å². The number of phenolic OH excluding ortho intramolecular Hbond substituents is 1. The maximum absolute atomic E-state index is 13.3. The molecule has 2 heterocycles. The van der Waals surface area contributed by atoms with Crippen molar-refractivity contribution in [2.24, 2.45) is 0 Å². The van der Waals surface area contributed by atoms with Gasteiger partial charge in [-0.25, -0.2) is 0 Å². The Morgan fingerprint density at radius 2 is 1.63 bits per heavy atom. The van der Waals surface area contributed by atoms with Crippen LogP contribution in [0.4, 0.5) is 0 Å². The van der Waals surface area contributed by atoms with Crippen LogP contribution >= 0.6 is 0 Å². The van der Waals surface area contributed by atoms with Crippen molar-refractivity contribution < 1.29 is 38.4 Å². The second kappa shape index (κ2) is 8.72. The van der Waals surface area contributed by atoms with Crippen molar-refractivity contribution in [2.45, 2.75) is 12.3 Å². The maximum atomic E-state index is 13.3. The SMILES string of the molecule is COc1ccc(C=C2Oc3c(ccc4c3C(c3ccc(O)cc3)CC(=O)O4)C2=O)c(OC)c1OC. The van der Waals surface area contributed by atoms with E-state index in [9.17, 15) is 14.7 Å². The zero-order valence-electron chi connectivity index (χ0n) is 19.3. The Kier molecular flexibility index (Phi) is 5.56. The van der Waals surface area contributed by atoms with Gasteiger partial charge in [0.15, 0.2) is 17.3 Å². The first-order chi connectivity index (χ1) is 16.9. The molecule has 35 heavy (non-hydrogen) atoms. The van der Waals surface area contributed by atoms with Crippen molar-refractivity contribution in [2.75, 3.05) is 21.3 Å². The summed E-state index contributed by atoms with van der Waals surface area (Å²) in [4.78, 5) is 25.6. The molecular formula is C27H22O8. The number of hydrogen-bond acceptors (Lipinski definition) is 8. The predicted octanol–water partition coefficient (Wildman–Crippen LogP) is 4.48. The van der Waals surface area contributed by atoms with E-state index in [1.165, 1.54) is 21.3 Å². The van der Waals surface area contributed by atoms with Crippen molar-refractivity contribution in [1.29, 1.82) is 0 Å².